The molecule has 36 heavy (non-hydrogen) atoms. The third-order valence-corrected chi connectivity index (χ3v) is 7.40. The number of carbonyl (C=O) groups excluding carboxylic acids is 2. The average Bonchev–Trinajstić information content (AvgIpc) is 3.49. The Kier molecular flexibility index (Phi) is 6.49. The zero-order valence-electron chi connectivity index (χ0n) is 19.9. The second-order valence-electron chi connectivity index (χ2n) is 9.06. The smallest absolute Gasteiger partial charge is 0.241 e. The van der Waals surface area contributed by atoms with Gasteiger partial charge in [0.15, 0.2) is 5.65 Å². The summed E-state index contributed by atoms with van der Waals surface area (Å²) in [4.78, 5) is 37.5. The van der Waals surface area contributed by atoms with Crippen LogP contribution < -0.4 is 10.1 Å². The SMILES string of the molecule is COc1ccc(-n2nc(Br)c3cnc(N[C@@H]4CC[C@@H](C(=O)N5CCN(C)C(=O)C5)C4)nc32)cc1C#N. The van der Waals surface area contributed by atoms with E-state index in [0.717, 1.165) is 18.2 Å². The van der Waals surface area contributed by atoms with Crippen LogP contribution in [0.4, 0.5) is 5.95 Å². The van der Waals surface area contributed by atoms with Crippen molar-refractivity contribution in [1.82, 2.24) is 29.5 Å². The number of piperazine rings is 1. The van der Waals surface area contributed by atoms with Gasteiger partial charge in [0.05, 0.1) is 30.3 Å². The maximum atomic E-state index is 13.0. The topological polar surface area (TPSA) is 129 Å². The minimum atomic E-state index is -0.120. The largest absolute Gasteiger partial charge is 0.495 e. The van der Waals surface area contributed by atoms with Gasteiger partial charge in [0.2, 0.25) is 17.8 Å². The van der Waals surface area contributed by atoms with Crippen LogP contribution in [0.5, 0.6) is 5.75 Å². The van der Waals surface area contributed by atoms with Crippen LogP contribution in [0.1, 0.15) is 24.8 Å². The van der Waals surface area contributed by atoms with Crippen molar-refractivity contribution in [3.8, 4) is 17.5 Å². The number of rotatable bonds is 5. The van der Waals surface area contributed by atoms with Gasteiger partial charge < -0.3 is 19.9 Å². The molecule has 2 amide bonds. The quantitative estimate of drug-likeness (QED) is 0.510. The van der Waals surface area contributed by atoms with E-state index in [0.29, 0.717) is 52.7 Å². The Morgan fingerprint density at radius 1 is 1.31 bits per heavy atom. The number of halogens is 1. The van der Waals surface area contributed by atoms with Gasteiger partial charge in [-0.05, 0) is 53.4 Å². The van der Waals surface area contributed by atoms with Gasteiger partial charge in [-0.25, -0.2) is 9.67 Å². The summed E-state index contributed by atoms with van der Waals surface area (Å²) in [6.45, 7) is 1.30. The molecule has 0 unspecified atom stereocenters. The molecule has 3 aromatic rings. The first-order chi connectivity index (χ1) is 17.4. The number of nitrogens with zero attached hydrogens (tertiary/aromatic N) is 7. The molecule has 186 valence electrons. The zero-order chi connectivity index (χ0) is 25.4. The number of nitrogens with one attached hydrogen (secondary N) is 1. The highest BCUT2D eigenvalue weighted by Crippen LogP contribution is 2.31. The number of carbonyl (C=O) groups is 2. The molecular weight excluding hydrogens is 528 g/mol. The second kappa shape index (κ2) is 9.73. The Hall–Kier alpha value is -3.72. The summed E-state index contributed by atoms with van der Waals surface area (Å²) in [6.07, 6.45) is 3.92. The molecule has 12 heteroatoms. The first-order valence-electron chi connectivity index (χ1n) is 11.7. The lowest BCUT2D eigenvalue weighted by Crippen LogP contribution is -2.52. The van der Waals surface area contributed by atoms with Crippen LogP contribution in [-0.2, 0) is 9.59 Å². The molecule has 2 atom stereocenters. The lowest BCUT2D eigenvalue weighted by molar-refractivity contribution is -0.146. The summed E-state index contributed by atoms with van der Waals surface area (Å²) in [5.74, 6) is 0.835. The molecule has 2 aliphatic rings. The van der Waals surface area contributed by atoms with Crippen LogP contribution >= 0.6 is 15.9 Å². The van der Waals surface area contributed by atoms with E-state index in [1.54, 1.807) is 39.9 Å². The fourth-order valence-electron chi connectivity index (χ4n) is 4.76. The van der Waals surface area contributed by atoms with Crippen molar-refractivity contribution < 1.29 is 14.3 Å². The molecule has 3 heterocycles. The Morgan fingerprint density at radius 3 is 2.89 bits per heavy atom. The summed E-state index contributed by atoms with van der Waals surface area (Å²) in [5.41, 5.74) is 1.64. The molecule has 1 N–H and O–H groups in total. The number of methoxy groups -OCH3 is 1. The molecule has 1 saturated heterocycles. The number of amides is 2. The van der Waals surface area contributed by atoms with Crippen molar-refractivity contribution in [2.75, 3.05) is 39.1 Å². The van der Waals surface area contributed by atoms with Crippen LogP contribution in [0, 0.1) is 17.2 Å². The summed E-state index contributed by atoms with van der Waals surface area (Å²) in [6, 6.07) is 7.41. The van der Waals surface area contributed by atoms with Gasteiger partial charge in [-0.3, -0.25) is 9.59 Å². The summed E-state index contributed by atoms with van der Waals surface area (Å²) in [7, 11) is 3.28. The lowest BCUT2D eigenvalue weighted by Gasteiger charge is -2.33. The highest BCUT2D eigenvalue weighted by molar-refractivity contribution is 9.10. The van der Waals surface area contributed by atoms with Crippen molar-refractivity contribution in [2.45, 2.75) is 25.3 Å². The first-order valence-corrected chi connectivity index (χ1v) is 12.5. The van der Waals surface area contributed by atoms with Crippen molar-refractivity contribution in [3.05, 3.63) is 34.6 Å². The maximum Gasteiger partial charge on any atom is 0.241 e. The van der Waals surface area contributed by atoms with Crippen LogP contribution in [0.2, 0.25) is 0 Å². The number of ether oxygens (including phenoxy) is 1. The van der Waals surface area contributed by atoms with Gasteiger partial charge in [0.25, 0.3) is 0 Å². The number of hydrogen-bond donors (Lipinski definition) is 1. The number of likely N-dealkylation sites (N-methyl/N-ethyl adjacent to an activating group) is 1. The molecule has 2 fully saturated rings. The monoisotopic (exact) mass is 552 g/mol. The molecule has 2 aromatic heterocycles. The number of benzene rings is 1. The van der Waals surface area contributed by atoms with E-state index in [4.69, 9.17) is 9.72 Å². The number of hydrogen-bond acceptors (Lipinski definition) is 8. The average molecular weight is 553 g/mol. The molecule has 11 nitrogen and oxygen atoms in total. The fourth-order valence-corrected chi connectivity index (χ4v) is 5.20. The summed E-state index contributed by atoms with van der Waals surface area (Å²) >= 11 is 3.47. The Balaban J connectivity index is 1.33. The van der Waals surface area contributed by atoms with Crippen molar-refractivity contribution >= 4 is 44.7 Å². The van der Waals surface area contributed by atoms with Crippen molar-refractivity contribution in [3.63, 3.8) is 0 Å². The zero-order valence-corrected chi connectivity index (χ0v) is 21.5. The van der Waals surface area contributed by atoms with Crippen LogP contribution in [0.3, 0.4) is 0 Å². The van der Waals surface area contributed by atoms with E-state index >= 15 is 0 Å². The number of aromatic nitrogens is 4. The normalized spacial score (nSPS) is 20.0. The number of nitriles is 1. The lowest BCUT2D eigenvalue weighted by atomic mass is 10.1. The Morgan fingerprint density at radius 2 is 2.14 bits per heavy atom. The van der Waals surface area contributed by atoms with E-state index in [9.17, 15) is 14.9 Å². The van der Waals surface area contributed by atoms with Gasteiger partial charge in [-0.1, -0.05) is 0 Å². The van der Waals surface area contributed by atoms with E-state index in [-0.39, 0.29) is 30.3 Å². The third kappa shape index (κ3) is 4.46. The summed E-state index contributed by atoms with van der Waals surface area (Å²) < 4.78 is 7.48. The molecule has 1 saturated carbocycles. The van der Waals surface area contributed by atoms with Crippen molar-refractivity contribution in [2.24, 2.45) is 5.92 Å². The molecule has 1 aliphatic heterocycles. The van der Waals surface area contributed by atoms with Gasteiger partial charge >= 0.3 is 0 Å². The van der Waals surface area contributed by atoms with Crippen LogP contribution in [-0.4, -0.2) is 81.2 Å². The molecule has 1 aliphatic carbocycles. The molecule has 0 bridgehead atoms. The predicted octanol–water partition coefficient (Wildman–Crippen LogP) is 2.34. The standard InChI is InChI=1S/C24H25BrN8O3/c1-31-7-8-32(13-20(31)34)23(35)14-3-4-16(9-14)28-24-27-12-18-21(25)30-33(22(18)29-24)17-5-6-19(36-2)15(10-17)11-26/h5-6,10,12,14,16H,3-4,7-9,13H2,1-2H3,(H,27,28,29)/t14-,16-/m1/s1. The predicted molar refractivity (Wildman–Crippen MR) is 135 cm³/mol. The highest BCUT2D eigenvalue weighted by Gasteiger charge is 2.35. The minimum absolute atomic E-state index is 0.0227. The number of fused-ring (bicyclic) bond motifs is 1. The second-order valence-corrected chi connectivity index (χ2v) is 9.81. The van der Waals surface area contributed by atoms with Crippen LogP contribution in [0.25, 0.3) is 16.7 Å². The molecule has 1 aromatic carbocycles. The maximum absolute atomic E-state index is 13.0. The minimum Gasteiger partial charge on any atom is -0.495 e. The Bertz CT molecular complexity index is 1380. The summed E-state index contributed by atoms with van der Waals surface area (Å²) in [5, 5.41) is 18.1. The Labute approximate surface area is 216 Å². The molecule has 0 spiro atoms. The molecular formula is C24H25BrN8O3. The van der Waals surface area contributed by atoms with Gasteiger partial charge in [-0.2, -0.15) is 15.3 Å². The van der Waals surface area contributed by atoms with E-state index in [1.165, 1.54) is 7.11 Å². The van der Waals surface area contributed by atoms with Crippen LogP contribution in [0.15, 0.2) is 29.0 Å². The fraction of sp³-hybridized carbons (Fsp3) is 0.417. The molecule has 0 radical (unpaired) electrons. The van der Waals surface area contributed by atoms with Gasteiger partial charge in [0.1, 0.15) is 16.4 Å². The first kappa shape index (κ1) is 24.0. The number of anilines is 1. The van der Waals surface area contributed by atoms with E-state index in [2.05, 4.69) is 37.4 Å². The highest BCUT2D eigenvalue weighted by atomic mass is 79.9. The van der Waals surface area contributed by atoms with E-state index in [1.807, 2.05) is 6.07 Å². The van der Waals surface area contributed by atoms with Crippen molar-refractivity contribution in [1.29, 1.82) is 5.26 Å². The van der Waals surface area contributed by atoms with Gasteiger partial charge in [0, 0.05) is 38.3 Å². The molecule has 5 rings (SSSR count). The van der Waals surface area contributed by atoms with Gasteiger partial charge in [-0.15, -0.1) is 0 Å². The third-order valence-electron chi connectivity index (χ3n) is 6.81. The van der Waals surface area contributed by atoms with E-state index < -0.39 is 0 Å².